The maximum Gasteiger partial charge on any atom is 0.419 e. The van der Waals surface area contributed by atoms with E-state index < -0.39 is 17.3 Å². The maximum absolute atomic E-state index is 13.5. The highest BCUT2D eigenvalue weighted by molar-refractivity contribution is 5.92. The summed E-state index contributed by atoms with van der Waals surface area (Å²) in [5.74, 6) is 1.30. The van der Waals surface area contributed by atoms with Crippen molar-refractivity contribution in [2.45, 2.75) is 62.9 Å². The summed E-state index contributed by atoms with van der Waals surface area (Å²) < 4.78 is 40.5. The van der Waals surface area contributed by atoms with Gasteiger partial charge in [-0.3, -0.25) is 9.78 Å². The van der Waals surface area contributed by atoms with Gasteiger partial charge in [0, 0.05) is 50.3 Å². The third kappa shape index (κ3) is 4.51. The number of hydrogen-bond donors (Lipinski definition) is 2. The van der Waals surface area contributed by atoms with E-state index in [1.807, 2.05) is 11.8 Å². The van der Waals surface area contributed by atoms with Gasteiger partial charge in [-0.15, -0.1) is 0 Å². The molecule has 7 rings (SSSR count). The smallest absolute Gasteiger partial charge is 0.390 e. The minimum absolute atomic E-state index is 0.0494. The van der Waals surface area contributed by atoms with Gasteiger partial charge in [-0.1, -0.05) is 0 Å². The van der Waals surface area contributed by atoms with Gasteiger partial charge in [0.1, 0.15) is 5.69 Å². The molecule has 2 unspecified atom stereocenters. The molecule has 5 aliphatic rings. The fourth-order valence-electron chi connectivity index (χ4n) is 7.41. The lowest BCUT2D eigenvalue weighted by atomic mass is 9.52. The number of aromatic nitrogens is 3. The molecule has 1 amide bonds. The molecule has 2 N–H and O–H groups in total. The number of carbonyl (C=O) groups is 1. The third-order valence-corrected chi connectivity index (χ3v) is 8.74. The van der Waals surface area contributed by atoms with Crippen molar-refractivity contribution in [3.05, 3.63) is 42.0 Å². The second-order valence-electron chi connectivity index (χ2n) is 11.3. The highest BCUT2D eigenvalue weighted by Crippen LogP contribution is 2.55. The molecule has 5 fully saturated rings. The van der Waals surface area contributed by atoms with Crippen molar-refractivity contribution in [3.63, 3.8) is 0 Å². The van der Waals surface area contributed by atoms with Crippen LogP contribution in [-0.2, 0) is 6.18 Å². The zero-order valence-corrected chi connectivity index (χ0v) is 20.7. The van der Waals surface area contributed by atoms with E-state index in [9.17, 15) is 23.1 Å². The van der Waals surface area contributed by atoms with E-state index >= 15 is 0 Å². The molecule has 4 bridgehead atoms. The van der Waals surface area contributed by atoms with Crippen LogP contribution in [0.25, 0.3) is 0 Å². The summed E-state index contributed by atoms with van der Waals surface area (Å²) in [6, 6.07) is 2.87. The average molecular weight is 517 g/mol. The summed E-state index contributed by atoms with van der Waals surface area (Å²) in [5, 5.41) is 14.0. The SMILES string of the molecule is C[C@@H]1CN(c2ccncc2C(F)(F)F)CCN1c1nccc(C(=O)NC2C3CC4CC2CC(O)(C4)C3)n1. The number of hydrogen-bond acceptors (Lipinski definition) is 7. The molecular weight excluding hydrogens is 485 g/mol. The molecule has 2 aromatic heterocycles. The number of pyridine rings is 1. The number of anilines is 2. The van der Waals surface area contributed by atoms with Gasteiger partial charge in [-0.2, -0.15) is 13.2 Å². The van der Waals surface area contributed by atoms with Gasteiger partial charge in [0.2, 0.25) is 5.95 Å². The quantitative estimate of drug-likeness (QED) is 0.644. The number of carbonyl (C=O) groups excluding carboxylic acids is 1. The molecule has 4 saturated carbocycles. The molecule has 3 heterocycles. The molecule has 37 heavy (non-hydrogen) atoms. The van der Waals surface area contributed by atoms with E-state index in [2.05, 4.69) is 20.3 Å². The Balaban J connectivity index is 1.14. The third-order valence-electron chi connectivity index (χ3n) is 8.74. The van der Waals surface area contributed by atoms with Crippen molar-refractivity contribution in [2.24, 2.45) is 17.8 Å². The van der Waals surface area contributed by atoms with Crippen LogP contribution in [0.1, 0.15) is 55.1 Å². The van der Waals surface area contributed by atoms with E-state index in [0.717, 1.165) is 38.3 Å². The number of piperazine rings is 1. The van der Waals surface area contributed by atoms with Crippen molar-refractivity contribution in [3.8, 4) is 0 Å². The fourth-order valence-corrected chi connectivity index (χ4v) is 7.41. The molecule has 0 aromatic carbocycles. The number of amides is 1. The standard InChI is InChI=1S/C26H31F3N6O2/c1-15-14-34(21-3-4-30-13-19(21)26(27,28)29)6-7-35(15)24-31-5-2-20(32-24)23(36)33-22-17-8-16-9-18(22)12-25(37,10-16)11-17/h2-5,13,15-18,22,37H,6-12,14H2,1H3,(H,33,36)/t15-,16?,17?,18?,22?,25?/m1/s1. The summed E-state index contributed by atoms with van der Waals surface area (Å²) in [4.78, 5) is 29.4. The van der Waals surface area contributed by atoms with Gasteiger partial charge in [-0.25, -0.2) is 9.97 Å². The van der Waals surface area contributed by atoms with Crippen LogP contribution in [0, 0.1) is 17.8 Å². The first-order chi connectivity index (χ1) is 17.6. The second-order valence-corrected chi connectivity index (χ2v) is 11.3. The normalized spacial score (nSPS) is 33.1. The average Bonchev–Trinajstić information content (AvgIpc) is 2.84. The van der Waals surface area contributed by atoms with Crippen LogP contribution in [-0.4, -0.2) is 63.3 Å². The Morgan fingerprint density at radius 1 is 1.14 bits per heavy atom. The zero-order chi connectivity index (χ0) is 25.9. The number of alkyl halides is 3. The van der Waals surface area contributed by atoms with Gasteiger partial charge in [0.15, 0.2) is 0 Å². The van der Waals surface area contributed by atoms with Gasteiger partial charge >= 0.3 is 6.18 Å². The first-order valence-electron chi connectivity index (χ1n) is 13.0. The van der Waals surface area contributed by atoms with Crippen molar-refractivity contribution in [2.75, 3.05) is 29.4 Å². The molecule has 11 heteroatoms. The van der Waals surface area contributed by atoms with Crippen LogP contribution >= 0.6 is 0 Å². The van der Waals surface area contributed by atoms with E-state index in [-0.39, 0.29) is 29.4 Å². The lowest BCUT2D eigenvalue weighted by molar-refractivity contribution is -0.137. The van der Waals surface area contributed by atoms with Crippen molar-refractivity contribution < 1.29 is 23.1 Å². The number of nitrogens with one attached hydrogen (secondary N) is 1. The molecule has 1 aliphatic heterocycles. The highest BCUT2D eigenvalue weighted by atomic mass is 19.4. The summed E-state index contributed by atoms with van der Waals surface area (Å²) in [6.45, 7) is 3.03. The van der Waals surface area contributed by atoms with Crippen LogP contribution in [0.15, 0.2) is 30.7 Å². The number of rotatable bonds is 4. The topological polar surface area (TPSA) is 94.5 Å². The Morgan fingerprint density at radius 3 is 2.57 bits per heavy atom. The molecule has 4 aliphatic carbocycles. The van der Waals surface area contributed by atoms with Gasteiger partial charge in [0.25, 0.3) is 5.91 Å². The van der Waals surface area contributed by atoms with Gasteiger partial charge in [0.05, 0.1) is 16.9 Å². The van der Waals surface area contributed by atoms with Crippen molar-refractivity contribution in [1.82, 2.24) is 20.3 Å². The Kier molecular flexibility index (Phi) is 5.81. The van der Waals surface area contributed by atoms with Crippen LogP contribution in [0.2, 0.25) is 0 Å². The van der Waals surface area contributed by atoms with Crippen molar-refractivity contribution >= 4 is 17.5 Å². The highest BCUT2D eigenvalue weighted by Gasteiger charge is 2.55. The molecular formula is C26H31F3N6O2. The maximum atomic E-state index is 13.5. The van der Waals surface area contributed by atoms with E-state index in [1.165, 1.54) is 12.3 Å². The summed E-state index contributed by atoms with van der Waals surface area (Å²) >= 11 is 0. The van der Waals surface area contributed by atoms with Crippen LogP contribution < -0.4 is 15.1 Å². The van der Waals surface area contributed by atoms with E-state index in [0.29, 0.717) is 43.3 Å². The summed E-state index contributed by atoms with van der Waals surface area (Å²) in [5.41, 5.74) is -0.915. The molecule has 198 valence electrons. The minimum atomic E-state index is -4.48. The Morgan fingerprint density at radius 2 is 1.89 bits per heavy atom. The van der Waals surface area contributed by atoms with E-state index in [4.69, 9.17) is 0 Å². The number of aliphatic hydroxyl groups is 1. The molecule has 1 saturated heterocycles. The molecule has 0 spiro atoms. The minimum Gasteiger partial charge on any atom is -0.390 e. The molecule has 3 atom stereocenters. The van der Waals surface area contributed by atoms with Gasteiger partial charge in [-0.05, 0) is 68.9 Å². The summed E-state index contributed by atoms with van der Waals surface area (Å²) in [6.07, 6.45) is 3.79. The predicted molar refractivity (Wildman–Crippen MR) is 130 cm³/mol. The lowest BCUT2D eigenvalue weighted by Crippen LogP contribution is -2.61. The van der Waals surface area contributed by atoms with Crippen LogP contribution in [0.4, 0.5) is 24.8 Å². The Labute approximate surface area is 213 Å². The zero-order valence-electron chi connectivity index (χ0n) is 20.7. The molecule has 8 nitrogen and oxygen atoms in total. The molecule has 2 aromatic rings. The van der Waals surface area contributed by atoms with Crippen LogP contribution in [0.3, 0.4) is 0 Å². The lowest BCUT2D eigenvalue weighted by Gasteiger charge is -2.58. The largest absolute Gasteiger partial charge is 0.419 e. The van der Waals surface area contributed by atoms with Crippen molar-refractivity contribution in [1.29, 1.82) is 0 Å². The number of halogens is 3. The second kappa shape index (κ2) is 8.82. The fraction of sp³-hybridized carbons (Fsp3) is 0.615. The monoisotopic (exact) mass is 516 g/mol. The first kappa shape index (κ1) is 24.4. The predicted octanol–water partition coefficient (Wildman–Crippen LogP) is 3.27. The van der Waals surface area contributed by atoms with Gasteiger partial charge < -0.3 is 20.2 Å². The first-order valence-corrected chi connectivity index (χ1v) is 13.0. The Bertz CT molecular complexity index is 1180. The summed E-state index contributed by atoms with van der Waals surface area (Å²) in [7, 11) is 0. The Hall–Kier alpha value is -2.95. The van der Waals surface area contributed by atoms with E-state index in [1.54, 1.807) is 17.2 Å². The molecule has 0 radical (unpaired) electrons. The van der Waals surface area contributed by atoms with Crippen LogP contribution in [0.5, 0.6) is 0 Å². The number of nitrogens with zero attached hydrogens (tertiary/aromatic N) is 5.